The minimum atomic E-state index is 0.0415. The Kier molecular flexibility index (Phi) is 5.50. The summed E-state index contributed by atoms with van der Waals surface area (Å²) in [7, 11) is 0. The van der Waals surface area contributed by atoms with Crippen LogP contribution in [0.25, 0.3) is 17.0 Å². The zero-order chi connectivity index (χ0) is 20.3. The van der Waals surface area contributed by atoms with Gasteiger partial charge in [-0.05, 0) is 30.2 Å². The first-order valence-corrected chi connectivity index (χ1v) is 10.3. The van der Waals surface area contributed by atoms with Crippen molar-refractivity contribution in [1.82, 2.24) is 25.1 Å². The molecule has 0 atom stereocenters. The van der Waals surface area contributed by atoms with Gasteiger partial charge in [0.1, 0.15) is 0 Å². The number of aromatic nitrogens is 4. The molecule has 6 heteroatoms. The maximum atomic E-state index is 5.35. The summed E-state index contributed by atoms with van der Waals surface area (Å²) in [6.07, 6.45) is 9.04. The number of benzene rings is 1. The van der Waals surface area contributed by atoms with Crippen LogP contribution in [-0.4, -0.2) is 39.4 Å². The molecule has 0 aliphatic heterocycles. The number of nitrogens with one attached hydrogen (secondary N) is 2. The van der Waals surface area contributed by atoms with E-state index in [-0.39, 0.29) is 5.41 Å². The minimum absolute atomic E-state index is 0.0415. The Bertz CT molecular complexity index is 1010. The van der Waals surface area contributed by atoms with Gasteiger partial charge in [-0.15, -0.1) is 21.7 Å². The lowest BCUT2D eigenvalue weighted by atomic mass is 9.80. The Balaban J connectivity index is 1.64. The molecular formula is C23H28N6. The Morgan fingerprint density at radius 3 is 2.66 bits per heavy atom. The molecule has 0 saturated heterocycles. The maximum absolute atomic E-state index is 5.35. The van der Waals surface area contributed by atoms with E-state index >= 15 is 0 Å². The third kappa shape index (κ3) is 4.25. The molecule has 1 saturated carbocycles. The van der Waals surface area contributed by atoms with Crippen molar-refractivity contribution in [2.75, 3.05) is 25.0 Å². The molecule has 0 spiro atoms. The Hall–Kier alpha value is -2.91. The van der Waals surface area contributed by atoms with E-state index in [9.17, 15) is 0 Å². The highest BCUT2D eigenvalue weighted by molar-refractivity contribution is 5.61. The summed E-state index contributed by atoms with van der Waals surface area (Å²) in [5, 5.41) is 20.7. The van der Waals surface area contributed by atoms with Crippen molar-refractivity contribution in [2.45, 2.75) is 39.0 Å². The lowest BCUT2D eigenvalue weighted by Crippen LogP contribution is -2.35. The van der Waals surface area contributed by atoms with Crippen LogP contribution in [0.2, 0.25) is 0 Å². The first-order chi connectivity index (χ1) is 14.1. The van der Waals surface area contributed by atoms with Crippen LogP contribution < -0.4 is 10.6 Å². The molecule has 1 aromatic carbocycles. The standard InChI is InChI=1S/C23H28N6/c1-4-13-24-15-23(2,3)16-25-21-19(17-11-8-12-17)14-20-26-27-22(29(20)28-21)18-9-6-5-7-10-18/h1,5-7,9-10,14,17,24H,8,11-13,15-16H2,2-3H3,(H,25,28). The number of hydrogen-bond donors (Lipinski definition) is 2. The van der Waals surface area contributed by atoms with E-state index in [1.54, 1.807) is 0 Å². The molecular weight excluding hydrogens is 360 g/mol. The van der Waals surface area contributed by atoms with Gasteiger partial charge in [-0.3, -0.25) is 0 Å². The van der Waals surface area contributed by atoms with E-state index in [1.807, 2.05) is 34.8 Å². The van der Waals surface area contributed by atoms with Gasteiger partial charge >= 0.3 is 0 Å². The highest BCUT2D eigenvalue weighted by Gasteiger charge is 2.26. The quantitative estimate of drug-likeness (QED) is 0.455. The van der Waals surface area contributed by atoms with Gasteiger partial charge in [0.25, 0.3) is 0 Å². The predicted octanol–water partition coefficient (Wildman–Crippen LogP) is 3.72. The molecule has 1 aliphatic rings. The second-order valence-corrected chi connectivity index (χ2v) is 8.56. The largest absolute Gasteiger partial charge is 0.368 e. The molecule has 0 bridgehead atoms. The summed E-state index contributed by atoms with van der Waals surface area (Å²) >= 11 is 0. The van der Waals surface area contributed by atoms with Gasteiger partial charge in [0.15, 0.2) is 17.3 Å². The van der Waals surface area contributed by atoms with E-state index in [0.29, 0.717) is 12.5 Å². The van der Waals surface area contributed by atoms with E-state index in [1.165, 1.54) is 24.8 Å². The highest BCUT2D eigenvalue weighted by Crippen LogP contribution is 2.40. The molecule has 1 fully saturated rings. The SMILES string of the molecule is C#CCNCC(C)(C)CNc1nn2c(-c3ccccc3)nnc2cc1C1CCC1. The Labute approximate surface area is 172 Å². The highest BCUT2D eigenvalue weighted by atomic mass is 15.4. The van der Waals surface area contributed by atoms with Crippen LogP contribution in [-0.2, 0) is 0 Å². The topological polar surface area (TPSA) is 67.1 Å². The summed E-state index contributed by atoms with van der Waals surface area (Å²) in [6, 6.07) is 12.2. The molecule has 29 heavy (non-hydrogen) atoms. The van der Waals surface area contributed by atoms with Crippen LogP contribution in [0.5, 0.6) is 0 Å². The second kappa shape index (κ2) is 8.22. The fourth-order valence-electron chi connectivity index (χ4n) is 3.64. The van der Waals surface area contributed by atoms with E-state index < -0.39 is 0 Å². The van der Waals surface area contributed by atoms with Gasteiger partial charge in [0.05, 0.1) is 6.54 Å². The van der Waals surface area contributed by atoms with Gasteiger partial charge in [0.2, 0.25) is 0 Å². The molecule has 6 nitrogen and oxygen atoms in total. The average Bonchev–Trinajstić information content (AvgIpc) is 3.08. The predicted molar refractivity (Wildman–Crippen MR) is 117 cm³/mol. The third-order valence-electron chi connectivity index (χ3n) is 5.56. The van der Waals surface area contributed by atoms with Crippen LogP contribution in [0, 0.1) is 17.8 Å². The lowest BCUT2D eigenvalue weighted by Gasteiger charge is -2.30. The maximum Gasteiger partial charge on any atom is 0.185 e. The monoisotopic (exact) mass is 388 g/mol. The van der Waals surface area contributed by atoms with Crippen molar-refractivity contribution in [1.29, 1.82) is 0 Å². The molecule has 2 heterocycles. The summed E-state index contributed by atoms with van der Waals surface area (Å²) < 4.78 is 1.85. The van der Waals surface area contributed by atoms with Gasteiger partial charge < -0.3 is 10.6 Å². The van der Waals surface area contributed by atoms with Crippen molar-refractivity contribution >= 4 is 11.5 Å². The summed E-state index contributed by atoms with van der Waals surface area (Å²) in [5.74, 6) is 4.88. The number of rotatable bonds is 8. The molecule has 0 radical (unpaired) electrons. The van der Waals surface area contributed by atoms with Crippen molar-refractivity contribution in [3.05, 3.63) is 42.0 Å². The molecule has 0 amide bonds. The zero-order valence-corrected chi connectivity index (χ0v) is 17.2. The summed E-state index contributed by atoms with van der Waals surface area (Å²) in [6.45, 7) is 6.67. The summed E-state index contributed by atoms with van der Waals surface area (Å²) in [5.41, 5.74) is 3.10. The lowest BCUT2D eigenvalue weighted by molar-refractivity contribution is 0.369. The van der Waals surface area contributed by atoms with Gasteiger partial charge in [0, 0.05) is 24.2 Å². The van der Waals surface area contributed by atoms with Crippen molar-refractivity contribution in [3.8, 4) is 23.7 Å². The van der Waals surface area contributed by atoms with Gasteiger partial charge in [-0.1, -0.05) is 56.5 Å². The van der Waals surface area contributed by atoms with Crippen molar-refractivity contribution in [3.63, 3.8) is 0 Å². The van der Waals surface area contributed by atoms with E-state index in [2.05, 4.69) is 46.7 Å². The normalized spacial score (nSPS) is 14.5. The number of fused-ring (bicyclic) bond motifs is 1. The summed E-state index contributed by atoms with van der Waals surface area (Å²) in [4.78, 5) is 0. The smallest absolute Gasteiger partial charge is 0.185 e. The fraction of sp³-hybridized carbons (Fsp3) is 0.435. The molecule has 2 aromatic heterocycles. The van der Waals surface area contributed by atoms with Crippen LogP contribution >= 0.6 is 0 Å². The molecule has 2 N–H and O–H groups in total. The average molecular weight is 389 g/mol. The minimum Gasteiger partial charge on any atom is -0.368 e. The first kappa shape index (κ1) is 19.4. The molecule has 3 aromatic rings. The molecule has 4 rings (SSSR count). The Morgan fingerprint density at radius 2 is 1.97 bits per heavy atom. The third-order valence-corrected chi connectivity index (χ3v) is 5.56. The van der Waals surface area contributed by atoms with E-state index in [0.717, 1.165) is 35.9 Å². The van der Waals surface area contributed by atoms with Crippen molar-refractivity contribution < 1.29 is 0 Å². The van der Waals surface area contributed by atoms with Crippen LogP contribution in [0.4, 0.5) is 5.82 Å². The van der Waals surface area contributed by atoms with E-state index in [4.69, 9.17) is 11.5 Å². The molecule has 1 aliphatic carbocycles. The first-order valence-electron chi connectivity index (χ1n) is 10.3. The molecule has 0 unspecified atom stereocenters. The van der Waals surface area contributed by atoms with Crippen molar-refractivity contribution in [2.24, 2.45) is 5.41 Å². The van der Waals surface area contributed by atoms with Crippen LogP contribution in [0.1, 0.15) is 44.6 Å². The number of anilines is 1. The Morgan fingerprint density at radius 1 is 1.17 bits per heavy atom. The van der Waals surface area contributed by atoms with Gasteiger partial charge in [-0.25, -0.2) is 0 Å². The number of nitrogens with zero attached hydrogens (tertiary/aromatic N) is 4. The van der Waals surface area contributed by atoms with Gasteiger partial charge in [-0.2, -0.15) is 4.52 Å². The fourth-order valence-corrected chi connectivity index (χ4v) is 3.64. The second-order valence-electron chi connectivity index (χ2n) is 8.56. The van der Waals surface area contributed by atoms with Crippen LogP contribution in [0.3, 0.4) is 0 Å². The number of terminal acetylenes is 1. The number of hydrogen-bond acceptors (Lipinski definition) is 5. The molecule has 150 valence electrons. The van der Waals surface area contributed by atoms with Crippen LogP contribution in [0.15, 0.2) is 36.4 Å². The zero-order valence-electron chi connectivity index (χ0n) is 17.2.